The third-order valence-corrected chi connectivity index (χ3v) is 6.15. The van der Waals surface area contributed by atoms with E-state index in [1.807, 2.05) is 11.8 Å². The highest BCUT2D eigenvalue weighted by Crippen LogP contribution is 2.21. The molecule has 0 unspecified atom stereocenters. The number of guanidine groups is 1. The Kier molecular flexibility index (Phi) is 12.0. The summed E-state index contributed by atoms with van der Waals surface area (Å²) in [7, 11) is 3.47. The highest BCUT2D eigenvalue weighted by molar-refractivity contribution is 14.0. The summed E-state index contributed by atoms with van der Waals surface area (Å²) in [5.41, 5.74) is 4.81. The smallest absolute Gasteiger partial charge is 0.191 e. The number of methoxy groups -OCH3 is 1. The van der Waals surface area contributed by atoms with Crippen LogP contribution < -0.4 is 20.3 Å². The third kappa shape index (κ3) is 8.37. The summed E-state index contributed by atoms with van der Waals surface area (Å²) in [4.78, 5) is 6.82. The highest BCUT2D eigenvalue weighted by Gasteiger charge is 2.11. The topological polar surface area (TPSA) is 58.1 Å². The summed E-state index contributed by atoms with van der Waals surface area (Å²) in [6, 6.07) is 15.1. The van der Waals surface area contributed by atoms with Crippen molar-refractivity contribution in [1.29, 1.82) is 0 Å². The normalized spacial score (nSPS) is 14.0. The van der Waals surface area contributed by atoms with Crippen molar-refractivity contribution in [1.82, 2.24) is 10.6 Å². The molecule has 0 bridgehead atoms. The molecule has 6 nitrogen and oxygen atoms in total. The lowest BCUT2D eigenvalue weighted by Crippen LogP contribution is -2.36. The number of halogens is 1. The molecule has 1 fully saturated rings. The summed E-state index contributed by atoms with van der Waals surface area (Å²) in [5.74, 6) is 4.07. The van der Waals surface area contributed by atoms with Crippen LogP contribution in [0.4, 0.5) is 5.69 Å². The fourth-order valence-corrected chi connectivity index (χ4v) is 4.31. The number of nitrogens with zero attached hydrogens (tertiary/aromatic N) is 2. The second-order valence-electron chi connectivity index (χ2n) is 7.50. The zero-order valence-electron chi connectivity index (χ0n) is 19.2. The van der Waals surface area contributed by atoms with Crippen molar-refractivity contribution in [3.8, 4) is 5.75 Å². The minimum absolute atomic E-state index is 0. The highest BCUT2D eigenvalue weighted by atomic mass is 127. The van der Waals surface area contributed by atoms with E-state index in [2.05, 4.69) is 69.9 Å². The number of aliphatic imine (C=N–C) groups is 1. The second kappa shape index (κ2) is 14.5. The Bertz CT molecular complexity index is 842. The van der Waals surface area contributed by atoms with Crippen molar-refractivity contribution >= 4 is 47.4 Å². The predicted molar refractivity (Wildman–Crippen MR) is 147 cm³/mol. The van der Waals surface area contributed by atoms with Gasteiger partial charge in [-0.3, -0.25) is 4.99 Å². The van der Waals surface area contributed by atoms with Crippen LogP contribution in [0.25, 0.3) is 0 Å². The van der Waals surface area contributed by atoms with Gasteiger partial charge in [-0.05, 0) is 36.2 Å². The molecular formula is C24H35IN4O2S. The van der Waals surface area contributed by atoms with Gasteiger partial charge in [0, 0.05) is 63.1 Å². The zero-order chi connectivity index (χ0) is 21.9. The maximum atomic E-state index is 5.88. The van der Waals surface area contributed by atoms with Gasteiger partial charge < -0.3 is 25.0 Å². The van der Waals surface area contributed by atoms with E-state index in [1.165, 1.54) is 28.3 Å². The van der Waals surface area contributed by atoms with Gasteiger partial charge in [0.15, 0.2) is 5.96 Å². The van der Waals surface area contributed by atoms with Crippen LogP contribution >= 0.6 is 35.7 Å². The van der Waals surface area contributed by atoms with Crippen LogP contribution in [0.3, 0.4) is 0 Å². The Labute approximate surface area is 213 Å². The molecule has 1 aliphatic heterocycles. The first-order chi connectivity index (χ1) is 15.2. The Hall–Kier alpha value is -1.65. The van der Waals surface area contributed by atoms with Gasteiger partial charge >= 0.3 is 0 Å². The van der Waals surface area contributed by atoms with E-state index in [0.29, 0.717) is 19.8 Å². The number of nitrogens with one attached hydrogen (secondary N) is 2. The number of anilines is 1. The number of hydrogen-bond donors (Lipinski definition) is 2. The standard InChI is InChI=1S/C24H34N4O2S.HI/c1-19-4-7-21(23(16-19)30-13-12-29-3)18-27-24(25-2)26-17-20-5-8-22(9-6-20)28-10-14-31-15-11-28;/h4-9,16H,10-15,17-18H2,1-3H3,(H2,25,26,27);1H. The Morgan fingerprint density at radius 3 is 2.44 bits per heavy atom. The minimum atomic E-state index is 0. The molecule has 0 aromatic heterocycles. The lowest BCUT2D eigenvalue weighted by Gasteiger charge is -2.28. The first-order valence-corrected chi connectivity index (χ1v) is 11.9. The molecule has 0 saturated carbocycles. The molecule has 0 radical (unpaired) electrons. The lowest BCUT2D eigenvalue weighted by molar-refractivity contribution is 0.145. The molecule has 0 amide bonds. The van der Waals surface area contributed by atoms with Crippen molar-refractivity contribution in [3.05, 3.63) is 59.2 Å². The van der Waals surface area contributed by atoms with Crippen LogP contribution in [0.2, 0.25) is 0 Å². The van der Waals surface area contributed by atoms with Crippen LogP contribution in [-0.2, 0) is 17.8 Å². The average molecular weight is 571 g/mol. The quantitative estimate of drug-likeness (QED) is 0.205. The van der Waals surface area contributed by atoms with Crippen molar-refractivity contribution in [2.45, 2.75) is 20.0 Å². The third-order valence-electron chi connectivity index (χ3n) is 5.21. The molecule has 0 aliphatic carbocycles. The SMILES string of the molecule is CN=C(NCc1ccc(N2CCSCC2)cc1)NCc1ccc(C)cc1OCCOC.I. The molecule has 176 valence electrons. The number of hydrogen-bond acceptors (Lipinski definition) is 5. The van der Waals surface area contributed by atoms with E-state index >= 15 is 0 Å². The minimum Gasteiger partial charge on any atom is -0.491 e. The fourth-order valence-electron chi connectivity index (χ4n) is 3.41. The van der Waals surface area contributed by atoms with Crippen LogP contribution in [0, 0.1) is 6.92 Å². The first-order valence-electron chi connectivity index (χ1n) is 10.8. The van der Waals surface area contributed by atoms with E-state index in [9.17, 15) is 0 Å². The lowest BCUT2D eigenvalue weighted by atomic mass is 10.1. The van der Waals surface area contributed by atoms with E-state index in [0.717, 1.165) is 36.9 Å². The predicted octanol–water partition coefficient (Wildman–Crippen LogP) is 4.06. The first kappa shape index (κ1) is 26.6. The van der Waals surface area contributed by atoms with Gasteiger partial charge in [-0.15, -0.1) is 24.0 Å². The molecule has 8 heteroatoms. The van der Waals surface area contributed by atoms with Crippen LogP contribution in [-0.4, -0.2) is 57.9 Å². The number of benzene rings is 2. The average Bonchev–Trinajstić information content (AvgIpc) is 2.81. The number of rotatable bonds is 9. The number of ether oxygens (including phenoxy) is 2. The molecule has 2 N–H and O–H groups in total. The van der Waals surface area contributed by atoms with Crippen molar-refractivity contribution in [3.63, 3.8) is 0 Å². The molecule has 2 aromatic rings. The van der Waals surface area contributed by atoms with E-state index in [1.54, 1.807) is 14.2 Å². The van der Waals surface area contributed by atoms with Crippen molar-refractivity contribution < 1.29 is 9.47 Å². The van der Waals surface area contributed by atoms with Crippen molar-refractivity contribution in [2.75, 3.05) is 56.9 Å². The van der Waals surface area contributed by atoms with E-state index < -0.39 is 0 Å². The molecule has 0 spiro atoms. The van der Waals surface area contributed by atoms with Gasteiger partial charge in [-0.2, -0.15) is 11.8 Å². The molecule has 32 heavy (non-hydrogen) atoms. The van der Waals surface area contributed by atoms with Crippen molar-refractivity contribution in [2.24, 2.45) is 4.99 Å². The summed E-state index contributed by atoms with van der Waals surface area (Å²) in [6.07, 6.45) is 0. The summed E-state index contributed by atoms with van der Waals surface area (Å²) >= 11 is 2.03. The van der Waals surface area contributed by atoms with Crippen LogP contribution in [0.1, 0.15) is 16.7 Å². The van der Waals surface area contributed by atoms with Crippen LogP contribution in [0.5, 0.6) is 5.75 Å². The largest absolute Gasteiger partial charge is 0.491 e. The van der Waals surface area contributed by atoms with E-state index in [4.69, 9.17) is 9.47 Å². The molecule has 3 rings (SSSR count). The molecule has 1 saturated heterocycles. The second-order valence-corrected chi connectivity index (χ2v) is 8.72. The Balaban J connectivity index is 0.00000363. The van der Waals surface area contributed by atoms with Gasteiger partial charge in [0.2, 0.25) is 0 Å². The van der Waals surface area contributed by atoms with Crippen LogP contribution in [0.15, 0.2) is 47.5 Å². The fraction of sp³-hybridized carbons (Fsp3) is 0.458. The molecule has 1 aliphatic rings. The number of aryl methyl sites for hydroxylation is 1. The molecule has 0 atom stereocenters. The molecular weight excluding hydrogens is 535 g/mol. The maximum Gasteiger partial charge on any atom is 0.191 e. The van der Waals surface area contributed by atoms with Gasteiger partial charge in [-0.25, -0.2) is 0 Å². The van der Waals surface area contributed by atoms with Gasteiger partial charge in [-0.1, -0.05) is 24.3 Å². The van der Waals surface area contributed by atoms with Gasteiger partial charge in [0.1, 0.15) is 12.4 Å². The Morgan fingerprint density at radius 2 is 1.75 bits per heavy atom. The Morgan fingerprint density at radius 1 is 1.03 bits per heavy atom. The molecule has 2 aromatic carbocycles. The molecule has 1 heterocycles. The summed E-state index contributed by atoms with van der Waals surface area (Å²) in [6.45, 7) is 6.79. The monoisotopic (exact) mass is 570 g/mol. The van der Waals surface area contributed by atoms with E-state index in [-0.39, 0.29) is 24.0 Å². The van der Waals surface area contributed by atoms with Gasteiger partial charge in [0.05, 0.1) is 6.61 Å². The van der Waals surface area contributed by atoms with Gasteiger partial charge in [0.25, 0.3) is 0 Å². The zero-order valence-corrected chi connectivity index (χ0v) is 22.4. The summed E-state index contributed by atoms with van der Waals surface area (Å²) < 4.78 is 11.0. The maximum absolute atomic E-state index is 5.88. The number of thioether (sulfide) groups is 1. The summed E-state index contributed by atoms with van der Waals surface area (Å²) in [5, 5.41) is 6.79.